The van der Waals surface area contributed by atoms with Gasteiger partial charge in [0.15, 0.2) is 0 Å². The fraction of sp³-hybridized carbons (Fsp3) is 0.273. The van der Waals surface area contributed by atoms with Gasteiger partial charge in [-0.3, -0.25) is 14.5 Å². The van der Waals surface area contributed by atoms with E-state index < -0.39 is 0 Å². The van der Waals surface area contributed by atoms with Crippen molar-refractivity contribution in [1.29, 1.82) is 0 Å². The predicted octanol–water partition coefficient (Wildman–Crippen LogP) is 7.46. The van der Waals surface area contributed by atoms with Gasteiger partial charge in [0.2, 0.25) is 5.91 Å². The van der Waals surface area contributed by atoms with Crippen molar-refractivity contribution in [2.75, 3.05) is 11.4 Å². The van der Waals surface area contributed by atoms with Crippen LogP contribution in [-0.2, 0) is 11.2 Å². The predicted molar refractivity (Wildman–Crippen MR) is 158 cm³/mol. The summed E-state index contributed by atoms with van der Waals surface area (Å²) in [4.78, 5) is 31.4. The summed E-state index contributed by atoms with van der Waals surface area (Å²) in [7, 11) is 0. The summed E-state index contributed by atoms with van der Waals surface area (Å²) in [5.74, 6) is -0.296. The van der Waals surface area contributed by atoms with Crippen LogP contribution in [0.15, 0.2) is 91.1 Å². The molecule has 1 aliphatic rings. The van der Waals surface area contributed by atoms with Crippen LogP contribution in [0.1, 0.15) is 66.8 Å². The molecule has 1 aliphatic heterocycles. The average molecular weight is 540 g/mol. The van der Waals surface area contributed by atoms with E-state index in [4.69, 9.17) is 11.6 Å². The molecule has 0 aliphatic carbocycles. The number of carbonyl (C=O) groups is 2. The second kappa shape index (κ2) is 11.5. The lowest BCUT2D eigenvalue weighted by molar-refractivity contribution is -0.120. The minimum absolute atomic E-state index is 0.0415. The fourth-order valence-electron chi connectivity index (χ4n) is 5.33. The van der Waals surface area contributed by atoms with Gasteiger partial charge in [0.05, 0.1) is 17.1 Å². The van der Waals surface area contributed by atoms with Crippen molar-refractivity contribution in [3.63, 3.8) is 0 Å². The molecule has 200 valence electrons. The lowest BCUT2D eigenvalue weighted by Crippen LogP contribution is -2.48. The summed E-state index contributed by atoms with van der Waals surface area (Å²) < 4.78 is 2.12. The Bertz CT molecular complexity index is 1470. The zero-order valence-corrected chi connectivity index (χ0v) is 23.4. The highest BCUT2D eigenvalue weighted by atomic mass is 35.5. The number of benzene rings is 3. The molecule has 1 unspecified atom stereocenters. The third-order valence-electron chi connectivity index (χ3n) is 7.36. The molecule has 39 heavy (non-hydrogen) atoms. The fourth-order valence-corrected chi connectivity index (χ4v) is 5.52. The summed E-state index contributed by atoms with van der Waals surface area (Å²) in [6.45, 7) is 6.03. The number of hydrogen-bond donors (Lipinski definition) is 0. The molecule has 2 heterocycles. The minimum atomic E-state index is -0.386. The molecule has 0 fully saturated rings. The second-order valence-electron chi connectivity index (χ2n) is 10.3. The Morgan fingerprint density at radius 2 is 1.67 bits per heavy atom. The molecule has 0 spiro atoms. The number of hydrogen-bond acceptors (Lipinski definition) is 2. The Hall–Kier alpha value is -3.83. The number of anilines is 1. The summed E-state index contributed by atoms with van der Waals surface area (Å²) in [5, 5.41) is 0.609. The van der Waals surface area contributed by atoms with E-state index in [1.54, 1.807) is 4.90 Å². The molecule has 0 saturated carbocycles. The number of rotatable bonds is 8. The lowest BCUT2D eigenvalue weighted by atomic mass is 9.97. The standard InChI is InChI=1S/C33H34ClN3O2/c1-4-5-10-24-16-18-25(19-17-24)33(39)36(23(2)3)22-31(38)37-29-14-7-6-13-28(29)35-20-9-15-30(35)32(37)26-11-8-12-27(34)21-26/h6-9,11-21,23,32H,4-5,10,22H2,1-3H3. The number of nitrogens with zero attached hydrogens (tertiary/aromatic N) is 3. The zero-order chi connectivity index (χ0) is 27.5. The van der Waals surface area contributed by atoms with Crippen LogP contribution in [0, 0.1) is 0 Å². The Morgan fingerprint density at radius 3 is 2.36 bits per heavy atom. The molecule has 3 aromatic carbocycles. The van der Waals surface area contributed by atoms with Crippen molar-refractivity contribution >= 4 is 29.1 Å². The first-order valence-electron chi connectivity index (χ1n) is 13.6. The van der Waals surface area contributed by atoms with Crippen molar-refractivity contribution < 1.29 is 9.59 Å². The van der Waals surface area contributed by atoms with Gasteiger partial charge in [-0.15, -0.1) is 0 Å². The third-order valence-corrected chi connectivity index (χ3v) is 7.60. The van der Waals surface area contributed by atoms with Crippen molar-refractivity contribution in [3.05, 3.63) is 119 Å². The molecule has 1 atom stereocenters. The van der Waals surface area contributed by atoms with E-state index >= 15 is 0 Å². The molecule has 0 N–H and O–H groups in total. The highest BCUT2D eigenvalue weighted by Crippen LogP contribution is 2.42. The van der Waals surface area contributed by atoms with Gasteiger partial charge in [-0.05, 0) is 86.3 Å². The van der Waals surface area contributed by atoms with Gasteiger partial charge in [0.1, 0.15) is 12.6 Å². The maximum Gasteiger partial charge on any atom is 0.254 e. The highest BCUT2D eigenvalue weighted by Gasteiger charge is 2.37. The van der Waals surface area contributed by atoms with Crippen LogP contribution in [0.5, 0.6) is 0 Å². The first-order valence-corrected chi connectivity index (χ1v) is 14.0. The van der Waals surface area contributed by atoms with Crippen LogP contribution in [0.2, 0.25) is 5.02 Å². The zero-order valence-electron chi connectivity index (χ0n) is 22.7. The van der Waals surface area contributed by atoms with E-state index in [-0.39, 0.29) is 30.4 Å². The number of unbranched alkanes of at least 4 members (excludes halogenated alkanes) is 1. The number of para-hydroxylation sites is 2. The van der Waals surface area contributed by atoms with Gasteiger partial charge >= 0.3 is 0 Å². The van der Waals surface area contributed by atoms with Crippen LogP contribution in [0.3, 0.4) is 0 Å². The van der Waals surface area contributed by atoms with Crippen LogP contribution in [0.4, 0.5) is 5.69 Å². The summed E-state index contributed by atoms with van der Waals surface area (Å²) in [6, 6.07) is 26.8. The Balaban J connectivity index is 1.50. The van der Waals surface area contributed by atoms with Crippen LogP contribution < -0.4 is 4.90 Å². The van der Waals surface area contributed by atoms with E-state index in [1.165, 1.54) is 5.56 Å². The quantitative estimate of drug-likeness (QED) is 0.233. The Morgan fingerprint density at radius 1 is 0.923 bits per heavy atom. The Labute approximate surface area is 235 Å². The lowest BCUT2D eigenvalue weighted by Gasteiger charge is -2.40. The molecule has 0 saturated heterocycles. The molecule has 0 bridgehead atoms. The van der Waals surface area contributed by atoms with Crippen LogP contribution >= 0.6 is 11.6 Å². The normalized spacial score (nSPS) is 14.2. The monoisotopic (exact) mass is 539 g/mol. The summed E-state index contributed by atoms with van der Waals surface area (Å²) in [6.07, 6.45) is 5.26. The van der Waals surface area contributed by atoms with Gasteiger partial charge < -0.3 is 9.47 Å². The van der Waals surface area contributed by atoms with Crippen LogP contribution in [0.25, 0.3) is 5.69 Å². The molecule has 5 rings (SSSR count). The van der Waals surface area contributed by atoms with E-state index in [1.807, 2.05) is 110 Å². The smallest absolute Gasteiger partial charge is 0.254 e. The van der Waals surface area contributed by atoms with Crippen LogP contribution in [-0.4, -0.2) is 33.9 Å². The summed E-state index contributed by atoms with van der Waals surface area (Å²) in [5.41, 5.74) is 5.42. The number of aryl methyl sites for hydroxylation is 1. The number of amides is 2. The van der Waals surface area contributed by atoms with E-state index in [0.717, 1.165) is 41.9 Å². The molecular formula is C33H34ClN3O2. The average Bonchev–Trinajstić information content (AvgIpc) is 3.44. The molecular weight excluding hydrogens is 506 g/mol. The number of halogens is 1. The molecule has 0 radical (unpaired) electrons. The SMILES string of the molecule is CCCCc1ccc(C(=O)N(CC(=O)N2c3ccccc3-n3cccc3C2c2cccc(Cl)c2)C(C)C)cc1. The first kappa shape index (κ1) is 26.8. The number of aromatic nitrogens is 1. The number of carbonyl (C=O) groups excluding carboxylic acids is 2. The largest absolute Gasteiger partial charge is 0.327 e. The van der Waals surface area contributed by atoms with E-state index in [0.29, 0.717) is 10.6 Å². The molecule has 5 nitrogen and oxygen atoms in total. The third kappa shape index (κ3) is 5.37. The van der Waals surface area contributed by atoms with Gasteiger partial charge in [0, 0.05) is 22.8 Å². The highest BCUT2D eigenvalue weighted by molar-refractivity contribution is 6.30. The van der Waals surface area contributed by atoms with Crippen molar-refractivity contribution in [2.45, 2.75) is 52.1 Å². The van der Waals surface area contributed by atoms with Crippen molar-refractivity contribution in [1.82, 2.24) is 9.47 Å². The first-order chi connectivity index (χ1) is 18.9. The Kier molecular flexibility index (Phi) is 7.89. The maximum atomic E-state index is 14.3. The topological polar surface area (TPSA) is 45.6 Å². The molecule has 1 aromatic heterocycles. The minimum Gasteiger partial charge on any atom is -0.327 e. The molecule has 6 heteroatoms. The maximum absolute atomic E-state index is 14.3. The molecule has 4 aromatic rings. The summed E-state index contributed by atoms with van der Waals surface area (Å²) >= 11 is 6.40. The van der Waals surface area contributed by atoms with Crippen molar-refractivity contribution in [3.8, 4) is 5.69 Å². The van der Waals surface area contributed by atoms with E-state index in [2.05, 4.69) is 11.5 Å². The van der Waals surface area contributed by atoms with Crippen molar-refractivity contribution in [2.24, 2.45) is 0 Å². The van der Waals surface area contributed by atoms with E-state index in [9.17, 15) is 9.59 Å². The van der Waals surface area contributed by atoms with Gasteiger partial charge in [-0.2, -0.15) is 0 Å². The van der Waals surface area contributed by atoms with Gasteiger partial charge in [-0.1, -0.05) is 61.3 Å². The van der Waals surface area contributed by atoms with Gasteiger partial charge in [-0.25, -0.2) is 0 Å². The second-order valence-corrected chi connectivity index (χ2v) is 10.8. The van der Waals surface area contributed by atoms with Gasteiger partial charge in [0.25, 0.3) is 5.91 Å². The number of fused-ring (bicyclic) bond motifs is 3. The molecule has 2 amide bonds.